The maximum absolute atomic E-state index is 10.5. The zero-order valence-electron chi connectivity index (χ0n) is 7.99. The van der Waals surface area contributed by atoms with E-state index < -0.39 is 0 Å². The minimum Gasteiger partial charge on any atom is -0.322 e. The van der Waals surface area contributed by atoms with E-state index in [1.807, 2.05) is 0 Å². The highest BCUT2D eigenvalue weighted by atomic mass is 16.1. The highest BCUT2D eigenvalue weighted by Gasteiger charge is 2.27. The van der Waals surface area contributed by atoms with E-state index in [0.29, 0.717) is 5.92 Å². The van der Waals surface area contributed by atoms with Gasteiger partial charge in [0.25, 0.3) is 0 Å². The van der Waals surface area contributed by atoms with Crippen LogP contribution in [0.15, 0.2) is 0 Å². The van der Waals surface area contributed by atoms with E-state index in [4.69, 9.17) is 5.73 Å². The van der Waals surface area contributed by atoms with Gasteiger partial charge in [0, 0.05) is 0 Å². The summed E-state index contributed by atoms with van der Waals surface area (Å²) in [4.78, 5) is 10.5. The highest BCUT2D eigenvalue weighted by molar-refractivity contribution is 5.57. The zero-order chi connectivity index (χ0) is 9.14. The van der Waals surface area contributed by atoms with Gasteiger partial charge in [-0.1, -0.05) is 13.8 Å². The Hall–Kier alpha value is -0.370. The molecule has 1 aliphatic carbocycles. The number of carbonyl (C=O) groups is 1. The maximum atomic E-state index is 10.5. The third kappa shape index (κ3) is 2.31. The molecule has 2 N–H and O–H groups in total. The zero-order valence-corrected chi connectivity index (χ0v) is 7.99. The van der Waals surface area contributed by atoms with Crippen LogP contribution in [0.25, 0.3) is 0 Å². The summed E-state index contributed by atoms with van der Waals surface area (Å²) in [6, 6.07) is -0.227. The molecular weight excluding hydrogens is 150 g/mol. The summed E-state index contributed by atoms with van der Waals surface area (Å²) in [7, 11) is 0. The summed E-state index contributed by atoms with van der Waals surface area (Å²) in [5.41, 5.74) is 5.70. The number of rotatable bonds is 2. The van der Waals surface area contributed by atoms with Gasteiger partial charge >= 0.3 is 0 Å². The first kappa shape index (κ1) is 9.72. The molecule has 0 aliphatic heterocycles. The molecule has 0 amide bonds. The number of nitrogens with two attached hydrogens (primary N) is 1. The van der Waals surface area contributed by atoms with Crippen LogP contribution in [-0.2, 0) is 4.79 Å². The van der Waals surface area contributed by atoms with Crippen molar-refractivity contribution >= 4 is 6.29 Å². The van der Waals surface area contributed by atoms with E-state index in [2.05, 4.69) is 13.8 Å². The van der Waals surface area contributed by atoms with Crippen LogP contribution in [-0.4, -0.2) is 12.3 Å². The first-order valence-corrected chi connectivity index (χ1v) is 4.84. The summed E-state index contributed by atoms with van der Waals surface area (Å²) in [6.45, 7) is 4.50. The smallest absolute Gasteiger partial charge is 0.136 e. The van der Waals surface area contributed by atoms with Gasteiger partial charge in [-0.05, 0) is 37.0 Å². The molecule has 3 atom stereocenters. The molecule has 0 saturated heterocycles. The fraction of sp³-hybridized carbons (Fsp3) is 0.900. The molecule has 1 rings (SSSR count). The van der Waals surface area contributed by atoms with Gasteiger partial charge in [-0.25, -0.2) is 0 Å². The predicted molar refractivity (Wildman–Crippen MR) is 49.7 cm³/mol. The number of hydrogen-bond acceptors (Lipinski definition) is 2. The minimum absolute atomic E-state index is 0.227. The molecular formula is C10H19NO. The Morgan fingerprint density at radius 3 is 2.17 bits per heavy atom. The van der Waals surface area contributed by atoms with Crippen molar-refractivity contribution in [2.75, 3.05) is 0 Å². The van der Waals surface area contributed by atoms with Crippen LogP contribution in [0.3, 0.4) is 0 Å². The fourth-order valence-electron chi connectivity index (χ4n) is 2.43. The van der Waals surface area contributed by atoms with Gasteiger partial charge < -0.3 is 10.5 Å². The largest absolute Gasteiger partial charge is 0.322 e. The van der Waals surface area contributed by atoms with Crippen molar-refractivity contribution in [3.63, 3.8) is 0 Å². The van der Waals surface area contributed by atoms with Crippen LogP contribution in [0.2, 0.25) is 0 Å². The van der Waals surface area contributed by atoms with Gasteiger partial charge in [-0.15, -0.1) is 0 Å². The second-order valence-corrected chi connectivity index (χ2v) is 4.39. The van der Waals surface area contributed by atoms with Gasteiger partial charge in [0.1, 0.15) is 6.29 Å². The molecule has 70 valence electrons. The van der Waals surface area contributed by atoms with Crippen LogP contribution in [0.4, 0.5) is 0 Å². The molecule has 0 aromatic rings. The van der Waals surface area contributed by atoms with Gasteiger partial charge in [0.2, 0.25) is 0 Å². The Morgan fingerprint density at radius 1 is 1.25 bits per heavy atom. The quantitative estimate of drug-likeness (QED) is 0.638. The standard InChI is InChI=1S/C10H19NO/c1-7-3-8(2)5-9(4-7)10(11)6-12/h6-10H,3-5,11H2,1-2H3. The second-order valence-electron chi connectivity index (χ2n) is 4.39. The van der Waals surface area contributed by atoms with Crippen molar-refractivity contribution in [3.8, 4) is 0 Å². The van der Waals surface area contributed by atoms with Crippen LogP contribution >= 0.6 is 0 Å². The molecule has 1 saturated carbocycles. The predicted octanol–water partition coefficient (Wildman–Crippen LogP) is 1.58. The van der Waals surface area contributed by atoms with Crippen molar-refractivity contribution in [3.05, 3.63) is 0 Å². The summed E-state index contributed by atoms with van der Waals surface area (Å²) in [6.07, 6.45) is 4.45. The molecule has 1 aliphatic rings. The number of aldehydes is 1. The van der Waals surface area contributed by atoms with Crippen LogP contribution < -0.4 is 5.73 Å². The van der Waals surface area contributed by atoms with E-state index in [-0.39, 0.29) is 6.04 Å². The SMILES string of the molecule is CC1CC(C)CC(C(N)C=O)C1. The summed E-state index contributed by atoms with van der Waals surface area (Å²) < 4.78 is 0. The molecule has 12 heavy (non-hydrogen) atoms. The molecule has 0 aromatic heterocycles. The summed E-state index contributed by atoms with van der Waals surface area (Å²) in [5.74, 6) is 1.91. The third-order valence-electron chi connectivity index (χ3n) is 2.92. The van der Waals surface area contributed by atoms with Gasteiger partial charge in [0.15, 0.2) is 0 Å². The molecule has 0 radical (unpaired) electrons. The van der Waals surface area contributed by atoms with Crippen molar-refractivity contribution in [1.29, 1.82) is 0 Å². The molecule has 1 fully saturated rings. The average molecular weight is 169 g/mol. The highest BCUT2D eigenvalue weighted by Crippen LogP contribution is 2.33. The van der Waals surface area contributed by atoms with Gasteiger partial charge in [0.05, 0.1) is 6.04 Å². The molecule has 2 heteroatoms. The van der Waals surface area contributed by atoms with E-state index in [1.54, 1.807) is 0 Å². The first-order chi connectivity index (χ1) is 5.63. The lowest BCUT2D eigenvalue weighted by atomic mass is 9.74. The minimum atomic E-state index is -0.227. The Kier molecular flexibility index (Phi) is 3.27. The monoisotopic (exact) mass is 169 g/mol. The van der Waals surface area contributed by atoms with Crippen LogP contribution in [0.1, 0.15) is 33.1 Å². The lowest BCUT2D eigenvalue weighted by molar-refractivity contribution is -0.110. The Labute approximate surface area is 74.5 Å². The maximum Gasteiger partial charge on any atom is 0.136 e. The van der Waals surface area contributed by atoms with Crippen molar-refractivity contribution in [2.24, 2.45) is 23.5 Å². The molecule has 0 spiro atoms. The van der Waals surface area contributed by atoms with Gasteiger partial charge in [-0.2, -0.15) is 0 Å². The van der Waals surface area contributed by atoms with E-state index in [0.717, 1.165) is 31.0 Å². The molecule has 2 nitrogen and oxygen atoms in total. The van der Waals surface area contributed by atoms with E-state index in [9.17, 15) is 4.79 Å². The van der Waals surface area contributed by atoms with Gasteiger partial charge in [-0.3, -0.25) is 0 Å². The summed E-state index contributed by atoms with van der Waals surface area (Å²) >= 11 is 0. The molecule has 0 aromatic carbocycles. The average Bonchev–Trinajstić information content (AvgIpc) is 2.01. The number of hydrogen-bond donors (Lipinski definition) is 1. The molecule has 0 bridgehead atoms. The fourth-order valence-corrected chi connectivity index (χ4v) is 2.43. The Balaban J connectivity index is 2.48. The second kappa shape index (κ2) is 4.04. The molecule has 0 heterocycles. The van der Waals surface area contributed by atoms with Crippen molar-refractivity contribution < 1.29 is 4.79 Å². The Morgan fingerprint density at radius 2 is 1.75 bits per heavy atom. The Bertz CT molecular complexity index is 148. The first-order valence-electron chi connectivity index (χ1n) is 4.84. The topological polar surface area (TPSA) is 43.1 Å². The van der Waals surface area contributed by atoms with E-state index in [1.165, 1.54) is 6.42 Å². The lowest BCUT2D eigenvalue weighted by Gasteiger charge is -2.32. The summed E-state index contributed by atoms with van der Waals surface area (Å²) in [5, 5.41) is 0. The normalized spacial score (nSPS) is 39.1. The van der Waals surface area contributed by atoms with Crippen LogP contribution in [0, 0.1) is 17.8 Å². The lowest BCUT2D eigenvalue weighted by Crippen LogP contribution is -2.36. The van der Waals surface area contributed by atoms with E-state index >= 15 is 0 Å². The third-order valence-corrected chi connectivity index (χ3v) is 2.92. The van der Waals surface area contributed by atoms with Crippen molar-refractivity contribution in [1.82, 2.24) is 0 Å². The van der Waals surface area contributed by atoms with Crippen molar-refractivity contribution in [2.45, 2.75) is 39.2 Å². The molecule has 3 unspecified atom stereocenters. The number of carbonyl (C=O) groups excluding carboxylic acids is 1. The van der Waals surface area contributed by atoms with Crippen LogP contribution in [0.5, 0.6) is 0 Å².